The lowest BCUT2D eigenvalue weighted by molar-refractivity contribution is -0.119. The van der Waals surface area contributed by atoms with Gasteiger partial charge in [-0.2, -0.15) is 0 Å². The van der Waals surface area contributed by atoms with Gasteiger partial charge in [0.15, 0.2) is 5.76 Å². The Morgan fingerprint density at radius 2 is 1.86 bits per heavy atom. The maximum absolute atomic E-state index is 12.7. The summed E-state index contributed by atoms with van der Waals surface area (Å²) in [5.74, 6) is -0.306. The summed E-state index contributed by atoms with van der Waals surface area (Å²) in [6.45, 7) is 4.41. The minimum Gasteiger partial charge on any atom is -0.459 e. The standard InChI is InChI=1S/C20H22N4O4/c1-2-11-21-20(27)23-15-9-7-14(8-10-15)22-18(25)16-5-3-12-24(16)19(26)17-6-4-13-28-17/h2,4,6-10,13,16H,1,3,5,11-12H2,(H,22,25)(H2,21,23,27). The summed E-state index contributed by atoms with van der Waals surface area (Å²) < 4.78 is 5.16. The molecule has 146 valence electrons. The summed E-state index contributed by atoms with van der Waals surface area (Å²) in [5.41, 5.74) is 1.18. The Balaban J connectivity index is 1.58. The van der Waals surface area contributed by atoms with Crippen molar-refractivity contribution in [2.75, 3.05) is 23.7 Å². The quantitative estimate of drug-likeness (QED) is 0.668. The molecule has 8 nitrogen and oxygen atoms in total. The summed E-state index contributed by atoms with van der Waals surface area (Å²) in [4.78, 5) is 38.3. The van der Waals surface area contributed by atoms with Crippen LogP contribution in [-0.2, 0) is 4.79 Å². The highest BCUT2D eigenvalue weighted by atomic mass is 16.3. The zero-order valence-corrected chi connectivity index (χ0v) is 15.3. The zero-order valence-electron chi connectivity index (χ0n) is 15.3. The molecule has 1 aliphatic rings. The number of urea groups is 1. The van der Waals surface area contributed by atoms with Crippen LogP contribution in [0.4, 0.5) is 16.2 Å². The fourth-order valence-electron chi connectivity index (χ4n) is 3.03. The van der Waals surface area contributed by atoms with Crippen LogP contribution in [0.1, 0.15) is 23.4 Å². The Labute approximate surface area is 162 Å². The van der Waals surface area contributed by atoms with Crippen LogP contribution >= 0.6 is 0 Å². The second-order valence-corrected chi connectivity index (χ2v) is 6.32. The van der Waals surface area contributed by atoms with Gasteiger partial charge in [0.2, 0.25) is 5.91 Å². The van der Waals surface area contributed by atoms with Crippen LogP contribution in [-0.4, -0.2) is 41.9 Å². The number of rotatable bonds is 6. The molecule has 1 aromatic carbocycles. The Kier molecular flexibility index (Phi) is 6.11. The molecule has 1 saturated heterocycles. The molecule has 2 aromatic rings. The molecule has 28 heavy (non-hydrogen) atoms. The Morgan fingerprint density at radius 1 is 1.14 bits per heavy atom. The Hall–Kier alpha value is -3.55. The minimum absolute atomic E-state index is 0.227. The molecule has 0 saturated carbocycles. The lowest BCUT2D eigenvalue weighted by Crippen LogP contribution is -2.43. The first kappa shape index (κ1) is 19.2. The normalized spacial score (nSPS) is 15.7. The number of carbonyl (C=O) groups is 3. The average Bonchev–Trinajstić information content (AvgIpc) is 3.39. The topological polar surface area (TPSA) is 104 Å². The number of benzene rings is 1. The monoisotopic (exact) mass is 382 g/mol. The molecule has 3 N–H and O–H groups in total. The van der Waals surface area contributed by atoms with Gasteiger partial charge in [0.05, 0.1) is 6.26 Å². The lowest BCUT2D eigenvalue weighted by Gasteiger charge is -2.23. The molecule has 8 heteroatoms. The molecule has 0 aliphatic carbocycles. The number of nitrogens with zero attached hydrogens (tertiary/aromatic N) is 1. The van der Waals surface area contributed by atoms with Crippen molar-refractivity contribution < 1.29 is 18.8 Å². The third kappa shape index (κ3) is 4.59. The van der Waals surface area contributed by atoms with Gasteiger partial charge in [-0.1, -0.05) is 6.08 Å². The van der Waals surface area contributed by atoms with Gasteiger partial charge in [0.1, 0.15) is 6.04 Å². The molecule has 0 bridgehead atoms. The smallest absolute Gasteiger partial charge is 0.319 e. The molecule has 3 rings (SSSR count). The number of anilines is 2. The highest BCUT2D eigenvalue weighted by molar-refractivity contribution is 6.00. The Bertz CT molecular complexity index is 846. The second-order valence-electron chi connectivity index (χ2n) is 6.32. The first-order valence-corrected chi connectivity index (χ1v) is 8.99. The predicted molar refractivity (Wildman–Crippen MR) is 105 cm³/mol. The van der Waals surface area contributed by atoms with Crippen molar-refractivity contribution in [3.63, 3.8) is 0 Å². The molecule has 4 amide bonds. The van der Waals surface area contributed by atoms with Gasteiger partial charge in [0.25, 0.3) is 5.91 Å². The number of likely N-dealkylation sites (tertiary alicyclic amines) is 1. The van der Waals surface area contributed by atoms with Crippen molar-refractivity contribution in [1.29, 1.82) is 0 Å². The van der Waals surface area contributed by atoms with Crippen LogP contribution in [0.3, 0.4) is 0 Å². The molecule has 1 unspecified atom stereocenters. The van der Waals surface area contributed by atoms with Gasteiger partial charge >= 0.3 is 6.03 Å². The number of amides is 4. The van der Waals surface area contributed by atoms with E-state index in [1.54, 1.807) is 42.5 Å². The fourth-order valence-corrected chi connectivity index (χ4v) is 3.03. The second kappa shape index (κ2) is 8.90. The number of hydrogen-bond donors (Lipinski definition) is 3. The van der Waals surface area contributed by atoms with E-state index in [9.17, 15) is 14.4 Å². The van der Waals surface area contributed by atoms with Crippen LogP contribution in [0.15, 0.2) is 59.7 Å². The number of carbonyl (C=O) groups excluding carboxylic acids is 3. The Morgan fingerprint density at radius 3 is 2.50 bits per heavy atom. The molecule has 0 radical (unpaired) electrons. The van der Waals surface area contributed by atoms with E-state index in [4.69, 9.17) is 4.42 Å². The average molecular weight is 382 g/mol. The van der Waals surface area contributed by atoms with Crippen LogP contribution < -0.4 is 16.0 Å². The van der Waals surface area contributed by atoms with Gasteiger partial charge in [-0.15, -0.1) is 6.58 Å². The largest absolute Gasteiger partial charge is 0.459 e. The van der Waals surface area contributed by atoms with E-state index in [2.05, 4.69) is 22.5 Å². The van der Waals surface area contributed by atoms with Crippen LogP contribution in [0.5, 0.6) is 0 Å². The van der Waals surface area contributed by atoms with Crippen LogP contribution in [0.25, 0.3) is 0 Å². The number of nitrogens with one attached hydrogen (secondary N) is 3. The van der Waals surface area contributed by atoms with E-state index in [1.165, 1.54) is 11.2 Å². The number of furan rings is 1. The summed E-state index contributed by atoms with van der Waals surface area (Å²) in [7, 11) is 0. The maximum Gasteiger partial charge on any atom is 0.319 e. The van der Waals surface area contributed by atoms with Gasteiger partial charge in [-0.25, -0.2) is 4.79 Å². The minimum atomic E-state index is -0.542. The van der Waals surface area contributed by atoms with E-state index in [0.717, 1.165) is 6.42 Å². The van der Waals surface area contributed by atoms with Crippen LogP contribution in [0, 0.1) is 0 Å². The lowest BCUT2D eigenvalue weighted by atomic mass is 10.2. The third-order valence-corrected chi connectivity index (χ3v) is 4.37. The van der Waals surface area contributed by atoms with Crippen molar-refractivity contribution in [2.24, 2.45) is 0 Å². The molecule has 0 spiro atoms. The zero-order chi connectivity index (χ0) is 19.9. The van der Waals surface area contributed by atoms with E-state index < -0.39 is 6.04 Å². The predicted octanol–water partition coefficient (Wildman–Crippen LogP) is 2.83. The fraction of sp³-hybridized carbons (Fsp3) is 0.250. The molecule has 1 aromatic heterocycles. The first-order chi connectivity index (χ1) is 13.6. The number of hydrogen-bond acceptors (Lipinski definition) is 4. The summed E-state index contributed by atoms with van der Waals surface area (Å²) in [6, 6.07) is 9.10. The summed E-state index contributed by atoms with van der Waals surface area (Å²) in [5, 5.41) is 8.11. The van der Waals surface area contributed by atoms with Gasteiger partial charge in [0, 0.05) is 24.5 Å². The van der Waals surface area contributed by atoms with E-state index in [-0.39, 0.29) is 23.6 Å². The van der Waals surface area contributed by atoms with Crippen molar-refractivity contribution in [3.05, 3.63) is 61.1 Å². The van der Waals surface area contributed by atoms with Crippen molar-refractivity contribution >= 4 is 29.2 Å². The molecule has 2 heterocycles. The molecule has 1 atom stereocenters. The molecule has 1 aliphatic heterocycles. The van der Waals surface area contributed by atoms with Crippen LogP contribution in [0.2, 0.25) is 0 Å². The van der Waals surface area contributed by atoms with Crippen molar-refractivity contribution in [2.45, 2.75) is 18.9 Å². The van der Waals surface area contributed by atoms with E-state index in [1.807, 2.05) is 0 Å². The highest BCUT2D eigenvalue weighted by Gasteiger charge is 2.35. The molecule has 1 fully saturated rings. The molecular weight excluding hydrogens is 360 g/mol. The van der Waals surface area contributed by atoms with E-state index in [0.29, 0.717) is 30.9 Å². The van der Waals surface area contributed by atoms with Gasteiger partial charge in [-0.3, -0.25) is 9.59 Å². The van der Waals surface area contributed by atoms with Gasteiger partial charge < -0.3 is 25.3 Å². The summed E-state index contributed by atoms with van der Waals surface area (Å²) >= 11 is 0. The van der Waals surface area contributed by atoms with Gasteiger partial charge in [-0.05, 0) is 49.2 Å². The van der Waals surface area contributed by atoms with E-state index >= 15 is 0 Å². The molecular formula is C20H22N4O4. The SMILES string of the molecule is C=CCNC(=O)Nc1ccc(NC(=O)C2CCCN2C(=O)c2ccco2)cc1. The highest BCUT2D eigenvalue weighted by Crippen LogP contribution is 2.22. The maximum atomic E-state index is 12.7. The third-order valence-electron chi connectivity index (χ3n) is 4.37. The van der Waals surface area contributed by atoms with Crippen molar-refractivity contribution in [1.82, 2.24) is 10.2 Å². The van der Waals surface area contributed by atoms with Crippen molar-refractivity contribution in [3.8, 4) is 0 Å². The summed E-state index contributed by atoms with van der Waals surface area (Å²) in [6.07, 6.45) is 4.38. The first-order valence-electron chi connectivity index (χ1n) is 8.99.